The molecule has 0 radical (unpaired) electrons. The van der Waals surface area contributed by atoms with E-state index in [-0.39, 0.29) is 5.91 Å². The topological polar surface area (TPSA) is 75.6 Å². The SMILES string of the molecule is COc1ccc(/C=N/Nc2nc(-c3cccs3)c(NC(C)=O)s2)cc1. The molecule has 0 aliphatic heterocycles. The molecule has 0 atom stereocenters. The molecule has 2 aromatic heterocycles. The summed E-state index contributed by atoms with van der Waals surface area (Å²) in [5.41, 5.74) is 4.60. The molecule has 0 bridgehead atoms. The van der Waals surface area contributed by atoms with E-state index >= 15 is 0 Å². The number of carbonyl (C=O) groups excluding carboxylic acids is 1. The van der Waals surface area contributed by atoms with Crippen molar-refractivity contribution in [3.05, 3.63) is 47.3 Å². The molecule has 1 amide bonds. The van der Waals surface area contributed by atoms with E-state index in [2.05, 4.69) is 20.8 Å². The highest BCUT2D eigenvalue weighted by Gasteiger charge is 2.14. The summed E-state index contributed by atoms with van der Waals surface area (Å²) in [5.74, 6) is 0.667. The predicted molar refractivity (Wildman–Crippen MR) is 104 cm³/mol. The minimum atomic E-state index is -0.130. The summed E-state index contributed by atoms with van der Waals surface area (Å²) in [7, 11) is 1.63. The van der Waals surface area contributed by atoms with Crippen LogP contribution < -0.4 is 15.5 Å². The molecule has 1 aromatic carbocycles. The van der Waals surface area contributed by atoms with E-state index in [9.17, 15) is 4.79 Å². The number of hydrogen-bond donors (Lipinski definition) is 2. The third-order valence-electron chi connectivity index (χ3n) is 3.16. The van der Waals surface area contributed by atoms with Gasteiger partial charge in [-0.25, -0.2) is 4.98 Å². The number of aromatic nitrogens is 1. The molecule has 2 heterocycles. The normalized spacial score (nSPS) is 10.8. The van der Waals surface area contributed by atoms with Crippen LogP contribution in [0.5, 0.6) is 5.75 Å². The maximum atomic E-state index is 11.4. The van der Waals surface area contributed by atoms with Gasteiger partial charge in [0.2, 0.25) is 11.0 Å². The summed E-state index contributed by atoms with van der Waals surface area (Å²) in [4.78, 5) is 16.9. The van der Waals surface area contributed by atoms with Crippen molar-refractivity contribution in [2.45, 2.75) is 6.92 Å². The molecule has 2 N–H and O–H groups in total. The van der Waals surface area contributed by atoms with E-state index in [0.717, 1.165) is 21.9 Å². The standard InChI is InChI=1S/C17H16N4O2S2/c1-11(22)19-16-15(14-4-3-9-24-14)20-17(25-16)21-18-10-12-5-7-13(23-2)8-6-12/h3-10H,1-2H3,(H,19,22)(H,20,21)/b18-10+. The Bertz CT molecular complexity index is 871. The third-order valence-corrected chi connectivity index (χ3v) is 4.91. The van der Waals surface area contributed by atoms with Gasteiger partial charge in [-0.2, -0.15) is 5.10 Å². The number of rotatable bonds is 6. The van der Waals surface area contributed by atoms with Crippen LogP contribution in [-0.4, -0.2) is 24.2 Å². The fraction of sp³-hybridized carbons (Fsp3) is 0.118. The van der Waals surface area contributed by atoms with E-state index in [4.69, 9.17) is 4.74 Å². The van der Waals surface area contributed by atoms with Gasteiger partial charge >= 0.3 is 0 Å². The number of ether oxygens (including phenoxy) is 1. The molecule has 3 aromatic rings. The second-order valence-corrected chi connectivity index (χ2v) is 6.95. The minimum absolute atomic E-state index is 0.130. The number of anilines is 2. The summed E-state index contributed by atoms with van der Waals surface area (Å²) < 4.78 is 5.12. The van der Waals surface area contributed by atoms with Crippen LogP contribution >= 0.6 is 22.7 Å². The van der Waals surface area contributed by atoms with Gasteiger partial charge in [0.25, 0.3) is 0 Å². The van der Waals surface area contributed by atoms with Crippen molar-refractivity contribution >= 4 is 44.9 Å². The van der Waals surface area contributed by atoms with Gasteiger partial charge in [0.05, 0.1) is 18.2 Å². The lowest BCUT2D eigenvalue weighted by atomic mass is 10.2. The molecule has 6 nitrogen and oxygen atoms in total. The lowest BCUT2D eigenvalue weighted by Crippen LogP contribution is -2.04. The lowest BCUT2D eigenvalue weighted by molar-refractivity contribution is -0.114. The fourth-order valence-electron chi connectivity index (χ4n) is 2.04. The summed E-state index contributed by atoms with van der Waals surface area (Å²) in [6.45, 7) is 1.48. The van der Waals surface area contributed by atoms with E-state index in [1.165, 1.54) is 18.3 Å². The Hall–Kier alpha value is -2.71. The van der Waals surface area contributed by atoms with Crippen molar-refractivity contribution in [3.8, 4) is 16.3 Å². The lowest BCUT2D eigenvalue weighted by Gasteiger charge is -1.99. The Morgan fingerprint density at radius 3 is 2.72 bits per heavy atom. The first-order valence-corrected chi connectivity index (χ1v) is 9.11. The molecule has 0 aliphatic carbocycles. The Labute approximate surface area is 153 Å². The van der Waals surface area contributed by atoms with Gasteiger partial charge in [-0.3, -0.25) is 10.2 Å². The first-order valence-electron chi connectivity index (χ1n) is 7.41. The van der Waals surface area contributed by atoms with Crippen molar-refractivity contribution in [3.63, 3.8) is 0 Å². The minimum Gasteiger partial charge on any atom is -0.497 e. The van der Waals surface area contributed by atoms with Crippen LogP contribution in [0.2, 0.25) is 0 Å². The Balaban J connectivity index is 1.75. The Morgan fingerprint density at radius 1 is 1.28 bits per heavy atom. The third kappa shape index (κ3) is 4.43. The molecular weight excluding hydrogens is 356 g/mol. The Morgan fingerprint density at radius 2 is 2.08 bits per heavy atom. The molecule has 3 rings (SSSR count). The summed E-state index contributed by atoms with van der Waals surface area (Å²) in [5, 5.41) is 10.3. The van der Waals surface area contributed by atoms with Gasteiger partial charge in [0.15, 0.2) is 0 Å². The fourth-order valence-corrected chi connectivity index (χ4v) is 3.71. The zero-order chi connectivity index (χ0) is 17.6. The maximum absolute atomic E-state index is 11.4. The van der Waals surface area contributed by atoms with Crippen molar-refractivity contribution in [1.29, 1.82) is 0 Å². The first-order chi connectivity index (χ1) is 12.2. The average Bonchev–Trinajstić information content (AvgIpc) is 3.25. The van der Waals surface area contributed by atoms with Gasteiger partial charge in [-0.1, -0.05) is 17.4 Å². The predicted octanol–water partition coefficient (Wildman–Crippen LogP) is 4.28. The van der Waals surface area contributed by atoms with Crippen LogP contribution in [0, 0.1) is 0 Å². The van der Waals surface area contributed by atoms with E-state index in [0.29, 0.717) is 10.1 Å². The second-order valence-electron chi connectivity index (χ2n) is 5.00. The largest absolute Gasteiger partial charge is 0.497 e. The molecule has 0 unspecified atom stereocenters. The van der Waals surface area contributed by atoms with Gasteiger partial charge < -0.3 is 10.1 Å². The number of thiophene rings is 1. The zero-order valence-corrected chi connectivity index (χ0v) is 15.3. The molecule has 25 heavy (non-hydrogen) atoms. The van der Waals surface area contributed by atoms with Crippen LogP contribution in [0.4, 0.5) is 10.1 Å². The van der Waals surface area contributed by atoms with Crippen molar-refractivity contribution in [2.75, 3.05) is 17.9 Å². The number of carbonyl (C=O) groups is 1. The monoisotopic (exact) mass is 372 g/mol. The van der Waals surface area contributed by atoms with E-state index in [1.54, 1.807) is 24.7 Å². The highest BCUT2D eigenvalue weighted by atomic mass is 32.1. The van der Waals surface area contributed by atoms with Crippen LogP contribution in [0.25, 0.3) is 10.6 Å². The summed E-state index contributed by atoms with van der Waals surface area (Å²) in [6, 6.07) is 11.5. The number of nitrogens with one attached hydrogen (secondary N) is 2. The maximum Gasteiger partial charge on any atom is 0.221 e. The highest BCUT2D eigenvalue weighted by molar-refractivity contribution is 7.21. The molecule has 128 valence electrons. The number of nitrogens with zero attached hydrogens (tertiary/aromatic N) is 2. The second kappa shape index (κ2) is 7.91. The van der Waals surface area contributed by atoms with Crippen molar-refractivity contribution < 1.29 is 9.53 Å². The number of amides is 1. The van der Waals surface area contributed by atoms with E-state index < -0.39 is 0 Å². The number of thiazole rings is 1. The number of benzene rings is 1. The van der Waals surface area contributed by atoms with Crippen LogP contribution in [-0.2, 0) is 4.79 Å². The molecule has 0 aliphatic rings. The van der Waals surface area contributed by atoms with Crippen molar-refractivity contribution in [1.82, 2.24) is 4.98 Å². The molecule has 0 fully saturated rings. The highest BCUT2D eigenvalue weighted by Crippen LogP contribution is 2.37. The van der Waals surface area contributed by atoms with Crippen LogP contribution in [0.1, 0.15) is 12.5 Å². The molecule has 0 spiro atoms. The van der Waals surface area contributed by atoms with Gasteiger partial charge in [-0.15, -0.1) is 11.3 Å². The Kier molecular flexibility index (Phi) is 5.42. The molecule has 8 heteroatoms. The van der Waals surface area contributed by atoms with Crippen LogP contribution in [0.3, 0.4) is 0 Å². The zero-order valence-electron chi connectivity index (χ0n) is 13.6. The number of hydrazone groups is 1. The van der Waals surface area contributed by atoms with Gasteiger partial charge in [0, 0.05) is 6.92 Å². The quantitative estimate of drug-likeness (QED) is 0.500. The number of methoxy groups -OCH3 is 1. The van der Waals surface area contributed by atoms with E-state index in [1.807, 2.05) is 41.8 Å². The first kappa shape index (κ1) is 17.1. The van der Waals surface area contributed by atoms with Crippen molar-refractivity contribution in [2.24, 2.45) is 5.10 Å². The molecular formula is C17H16N4O2S2. The summed E-state index contributed by atoms with van der Waals surface area (Å²) >= 11 is 2.92. The number of hydrogen-bond acceptors (Lipinski definition) is 7. The molecule has 0 saturated carbocycles. The van der Waals surface area contributed by atoms with Gasteiger partial charge in [0.1, 0.15) is 16.4 Å². The van der Waals surface area contributed by atoms with Crippen LogP contribution in [0.15, 0.2) is 46.9 Å². The smallest absolute Gasteiger partial charge is 0.221 e. The summed E-state index contributed by atoms with van der Waals surface area (Å²) in [6.07, 6.45) is 1.70. The van der Waals surface area contributed by atoms with Gasteiger partial charge in [-0.05, 0) is 41.3 Å². The average molecular weight is 372 g/mol. The molecule has 0 saturated heterocycles.